The number of carboxylic acid groups (broad SMARTS) is 1. The summed E-state index contributed by atoms with van der Waals surface area (Å²) >= 11 is 0. The highest BCUT2D eigenvalue weighted by atomic mass is 19.4. The van der Waals surface area contributed by atoms with Crippen molar-refractivity contribution in [1.82, 2.24) is 9.88 Å². The van der Waals surface area contributed by atoms with Gasteiger partial charge in [-0.1, -0.05) is 48.5 Å². The summed E-state index contributed by atoms with van der Waals surface area (Å²) in [6.07, 6.45) is -9.22. The number of rotatable bonds is 8. The number of nitrogens with one attached hydrogen (secondary N) is 2. The molecule has 0 aliphatic heterocycles. The van der Waals surface area contributed by atoms with E-state index < -0.39 is 41.4 Å². The minimum absolute atomic E-state index is 0.0278. The van der Waals surface area contributed by atoms with Gasteiger partial charge < -0.3 is 20.3 Å². The van der Waals surface area contributed by atoms with Gasteiger partial charge in [0.15, 0.2) is 0 Å². The first-order valence-electron chi connectivity index (χ1n) is 13.6. The second-order valence-electron chi connectivity index (χ2n) is 10.4. The number of carboxylic acids is 1. The summed E-state index contributed by atoms with van der Waals surface area (Å²) in [7, 11) is 0. The molecular weight excluding hydrogens is 600 g/mol. The zero-order valence-electron chi connectivity index (χ0n) is 23.5. The molecule has 3 N–H and O–H groups in total. The zero-order chi connectivity index (χ0) is 32.5. The molecule has 12 heteroatoms. The fourth-order valence-corrected chi connectivity index (χ4v) is 5.04. The van der Waals surface area contributed by atoms with Crippen LogP contribution >= 0.6 is 0 Å². The van der Waals surface area contributed by atoms with E-state index >= 15 is 0 Å². The predicted octanol–water partition coefficient (Wildman–Crippen LogP) is 8.66. The molecule has 6 nitrogen and oxygen atoms in total. The van der Waals surface area contributed by atoms with Crippen molar-refractivity contribution in [2.75, 3.05) is 5.32 Å². The van der Waals surface area contributed by atoms with Crippen molar-refractivity contribution in [1.29, 1.82) is 0 Å². The highest BCUT2D eigenvalue weighted by Crippen LogP contribution is 2.37. The molecule has 0 aliphatic carbocycles. The first-order valence-corrected chi connectivity index (χ1v) is 13.6. The number of alkyl halides is 6. The van der Waals surface area contributed by atoms with Crippen LogP contribution in [0.25, 0.3) is 10.9 Å². The molecule has 0 aliphatic rings. The average Bonchev–Trinajstić information content (AvgIpc) is 3.29. The summed E-state index contributed by atoms with van der Waals surface area (Å²) < 4.78 is 82.5. The molecule has 5 aromatic rings. The molecule has 45 heavy (non-hydrogen) atoms. The molecule has 1 amide bonds. The largest absolute Gasteiger partial charge is 0.478 e. The molecule has 232 valence electrons. The Bertz CT molecular complexity index is 1780. The molecule has 0 saturated carbocycles. The van der Waals surface area contributed by atoms with Crippen LogP contribution in [0.4, 0.5) is 37.7 Å². The highest BCUT2D eigenvalue weighted by Gasteiger charge is 2.32. The normalized spacial score (nSPS) is 12.6. The summed E-state index contributed by atoms with van der Waals surface area (Å²) in [6, 6.07) is 20.9. The van der Waals surface area contributed by atoms with Gasteiger partial charge in [-0.3, -0.25) is 4.79 Å². The summed E-state index contributed by atoms with van der Waals surface area (Å²) in [6.45, 7) is 1.49. The molecule has 1 aromatic heterocycles. The van der Waals surface area contributed by atoms with E-state index in [1.54, 1.807) is 31.2 Å². The van der Waals surface area contributed by atoms with Crippen molar-refractivity contribution in [3.8, 4) is 0 Å². The third-order valence-electron chi connectivity index (χ3n) is 7.25. The number of aromatic nitrogens is 1. The Labute approximate surface area is 252 Å². The minimum atomic E-state index is -4.62. The monoisotopic (exact) mass is 625 g/mol. The Hall–Kier alpha value is -5.26. The maximum atomic E-state index is 14.0. The molecule has 1 heterocycles. The number of carbonyl (C=O) groups excluding carboxylic acids is 1. The fourth-order valence-electron chi connectivity index (χ4n) is 5.04. The van der Waals surface area contributed by atoms with Crippen LogP contribution in [0.3, 0.4) is 0 Å². The van der Waals surface area contributed by atoms with Crippen LogP contribution in [0.2, 0.25) is 0 Å². The topological polar surface area (TPSA) is 83.4 Å². The second-order valence-corrected chi connectivity index (χ2v) is 10.4. The van der Waals surface area contributed by atoms with Gasteiger partial charge in [0.1, 0.15) is 5.69 Å². The maximum absolute atomic E-state index is 14.0. The number of benzene rings is 4. The molecule has 0 saturated heterocycles. The summed E-state index contributed by atoms with van der Waals surface area (Å²) in [5.41, 5.74) is -0.309. The predicted molar refractivity (Wildman–Crippen MR) is 156 cm³/mol. The third-order valence-corrected chi connectivity index (χ3v) is 7.25. The van der Waals surface area contributed by atoms with Gasteiger partial charge in [0.25, 0.3) is 5.91 Å². The SMILES string of the molecule is C[C@H](NC(=O)c1c(Nc2cccc(C(F)(F)F)c2)c2ccccc2n1Cc1cccc(C(F)(F)F)c1)c1ccc(C(=O)O)cc1. The lowest BCUT2D eigenvalue weighted by atomic mass is 10.1. The second kappa shape index (κ2) is 12.0. The zero-order valence-corrected chi connectivity index (χ0v) is 23.5. The van der Waals surface area contributed by atoms with E-state index in [4.69, 9.17) is 0 Å². The molecule has 0 spiro atoms. The Morgan fingerprint density at radius 3 is 2.07 bits per heavy atom. The molecule has 0 radical (unpaired) electrons. The van der Waals surface area contributed by atoms with Gasteiger partial charge in [-0.05, 0) is 66.6 Å². The number of para-hydroxylation sites is 1. The van der Waals surface area contributed by atoms with Crippen LogP contribution in [0.5, 0.6) is 0 Å². The Balaban J connectivity index is 1.62. The lowest BCUT2D eigenvalue weighted by molar-refractivity contribution is -0.138. The number of halogens is 6. The van der Waals surface area contributed by atoms with E-state index in [0.29, 0.717) is 16.5 Å². The number of fused-ring (bicyclic) bond motifs is 1. The quantitative estimate of drug-likeness (QED) is 0.151. The van der Waals surface area contributed by atoms with Crippen LogP contribution in [0.15, 0.2) is 97.1 Å². The Morgan fingerprint density at radius 2 is 1.42 bits per heavy atom. The fraction of sp³-hybridized carbons (Fsp3) is 0.152. The van der Waals surface area contributed by atoms with Crippen LogP contribution in [-0.4, -0.2) is 21.6 Å². The number of nitrogens with zero attached hydrogens (tertiary/aromatic N) is 1. The first-order chi connectivity index (χ1) is 21.2. The molecule has 0 unspecified atom stereocenters. The number of carbonyl (C=O) groups is 2. The average molecular weight is 626 g/mol. The van der Waals surface area contributed by atoms with Gasteiger partial charge >= 0.3 is 18.3 Å². The van der Waals surface area contributed by atoms with Crippen LogP contribution < -0.4 is 10.6 Å². The Morgan fingerprint density at radius 1 is 0.800 bits per heavy atom. The minimum Gasteiger partial charge on any atom is -0.478 e. The van der Waals surface area contributed by atoms with E-state index in [0.717, 1.165) is 24.3 Å². The molecule has 0 bridgehead atoms. The van der Waals surface area contributed by atoms with Gasteiger partial charge in [0, 0.05) is 17.6 Å². The number of anilines is 2. The third kappa shape index (κ3) is 6.79. The molecule has 1 atom stereocenters. The van der Waals surface area contributed by atoms with Gasteiger partial charge in [-0.25, -0.2) is 4.79 Å². The van der Waals surface area contributed by atoms with E-state index in [1.165, 1.54) is 53.1 Å². The molecule has 0 fully saturated rings. The van der Waals surface area contributed by atoms with Crippen molar-refractivity contribution >= 4 is 34.2 Å². The highest BCUT2D eigenvalue weighted by molar-refractivity contribution is 6.10. The van der Waals surface area contributed by atoms with Crippen LogP contribution in [0.1, 0.15) is 56.1 Å². The Kier molecular flexibility index (Phi) is 8.33. The number of amides is 1. The van der Waals surface area contributed by atoms with Crippen molar-refractivity contribution in [2.45, 2.75) is 31.9 Å². The summed E-state index contributed by atoms with van der Waals surface area (Å²) in [5.74, 6) is -1.79. The molecular formula is C33H25F6N3O3. The first kappa shape index (κ1) is 31.2. The smallest absolute Gasteiger partial charge is 0.416 e. The van der Waals surface area contributed by atoms with Crippen LogP contribution in [0, 0.1) is 0 Å². The van der Waals surface area contributed by atoms with E-state index in [1.807, 2.05) is 0 Å². The van der Waals surface area contributed by atoms with Crippen molar-refractivity contribution < 1.29 is 41.0 Å². The van der Waals surface area contributed by atoms with Crippen molar-refractivity contribution in [3.05, 3.63) is 131 Å². The van der Waals surface area contributed by atoms with E-state index in [-0.39, 0.29) is 34.7 Å². The van der Waals surface area contributed by atoms with Crippen molar-refractivity contribution in [3.63, 3.8) is 0 Å². The van der Waals surface area contributed by atoms with Gasteiger partial charge in [-0.15, -0.1) is 0 Å². The lowest BCUT2D eigenvalue weighted by Crippen LogP contribution is -2.29. The van der Waals surface area contributed by atoms with E-state index in [2.05, 4.69) is 10.6 Å². The molecule has 4 aromatic carbocycles. The van der Waals surface area contributed by atoms with Gasteiger partial charge in [0.05, 0.1) is 33.9 Å². The van der Waals surface area contributed by atoms with E-state index in [9.17, 15) is 41.0 Å². The standard InChI is InChI=1S/C33H25F6N3O3/c1-19(21-12-14-22(15-13-21)31(44)45)40-30(43)29-28(41-25-9-5-8-24(17-25)33(37,38)39)26-10-2-3-11-27(26)42(29)18-20-6-4-7-23(16-20)32(34,35)36/h2-17,19,41H,18H2,1H3,(H,40,43)(H,44,45)/t19-/m0/s1. The van der Waals surface area contributed by atoms with Crippen LogP contribution in [-0.2, 0) is 18.9 Å². The number of aromatic carboxylic acids is 1. The molecule has 5 rings (SSSR count). The van der Waals surface area contributed by atoms with Gasteiger partial charge in [-0.2, -0.15) is 26.3 Å². The number of hydrogen-bond acceptors (Lipinski definition) is 3. The summed E-state index contributed by atoms with van der Waals surface area (Å²) in [4.78, 5) is 25.3. The van der Waals surface area contributed by atoms with Gasteiger partial charge in [0.2, 0.25) is 0 Å². The number of hydrogen-bond donors (Lipinski definition) is 3. The lowest BCUT2D eigenvalue weighted by Gasteiger charge is -2.18. The summed E-state index contributed by atoms with van der Waals surface area (Å²) in [5, 5.41) is 15.4. The van der Waals surface area contributed by atoms with Crippen molar-refractivity contribution in [2.24, 2.45) is 0 Å². The maximum Gasteiger partial charge on any atom is 0.416 e.